The molecule has 0 amide bonds. The second kappa shape index (κ2) is 6.96. The molecular weight excluding hydrogens is 348 g/mol. The molecular formula is C22H20N6. The van der Waals surface area contributed by atoms with Gasteiger partial charge in [-0.25, -0.2) is 15.0 Å². The van der Waals surface area contributed by atoms with Gasteiger partial charge in [-0.1, -0.05) is 36.4 Å². The molecule has 0 atom stereocenters. The molecule has 0 saturated heterocycles. The van der Waals surface area contributed by atoms with Crippen molar-refractivity contribution in [1.29, 1.82) is 0 Å². The summed E-state index contributed by atoms with van der Waals surface area (Å²) < 4.78 is 0. The predicted octanol–water partition coefficient (Wildman–Crippen LogP) is 4.28. The Balaban J connectivity index is 1.62. The fourth-order valence-corrected chi connectivity index (χ4v) is 3.28. The third-order valence-corrected chi connectivity index (χ3v) is 5.09. The van der Waals surface area contributed by atoms with Crippen molar-refractivity contribution in [2.24, 2.45) is 5.92 Å². The summed E-state index contributed by atoms with van der Waals surface area (Å²) in [4.78, 5) is 13.5. The van der Waals surface area contributed by atoms with Crippen molar-refractivity contribution in [1.82, 2.24) is 25.1 Å². The maximum atomic E-state index is 4.81. The smallest absolute Gasteiger partial charge is 0.243 e. The Labute approximate surface area is 163 Å². The van der Waals surface area contributed by atoms with Crippen LogP contribution in [-0.2, 0) is 0 Å². The molecule has 2 heterocycles. The van der Waals surface area contributed by atoms with E-state index in [1.165, 1.54) is 12.8 Å². The maximum Gasteiger partial charge on any atom is 0.243 e. The molecule has 1 saturated carbocycles. The summed E-state index contributed by atoms with van der Waals surface area (Å²) in [7, 11) is 0. The Kier molecular flexibility index (Phi) is 4.16. The standard InChI is InChI=1S/C22H20N6/c1-14-18-11-17(9-10-19(18)25-13-24-14)21-20(16-5-3-2-4-6-16)26-22(28-27-21)23-12-15-7-8-15/h2-6,9-11,13,15H,7-8,12H2,1H3,(H,23,26,28). The van der Waals surface area contributed by atoms with E-state index in [-0.39, 0.29) is 0 Å². The van der Waals surface area contributed by atoms with Gasteiger partial charge in [0.25, 0.3) is 0 Å². The van der Waals surface area contributed by atoms with E-state index in [4.69, 9.17) is 4.98 Å². The molecule has 2 aromatic heterocycles. The number of anilines is 1. The molecule has 6 nitrogen and oxygen atoms in total. The van der Waals surface area contributed by atoms with Crippen LogP contribution in [0.5, 0.6) is 0 Å². The Morgan fingerprint density at radius 2 is 1.79 bits per heavy atom. The number of fused-ring (bicyclic) bond motifs is 1. The third-order valence-electron chi connectivity index (χ3n) is 5.09. The van der Waals surface area contributed by atoms with Crippen molar-refractivity contribution in [2.45, 2.75) is 19.8 Å². The first-order valence-corrected chi connectivity index (χ1v) is 9.54. The zero-order valence-corrected chi connectivity index (χ0v) is 15.6. The molecule has 0 bridgehead atoms. The van der Waals surface area contributed by atoms with Crippen molar-refractivity contribution in [2.75, 3.05) is 11.9 Å². The van der Waals surface area contributed by atoms with Gasteiger partial charge >= 0.3 is 0 Å². The monoisotopic (exact) mass is 368 g/mol. The van der Waals surface area contributed by atoms with E-state index >= 15 is 0 Å². The maximum absolute atomic E-state index is 4.81. The largest absolute Gasteiger partial charge is 0.353 e. The molecule has 1 fully saturated rings. The molecule has 1 aliphatic carbocycles. The zero-order valence-electron chi connectivity index (χ0n) is 15.6. The first-order chi connectivity index (χ1) is 13.8. The SMILES string of the molecule is Cc1ncnc2ccc(-c3nnc(NCC4CC4)nc3-c3ccccc3)cc12. The topological polar surface area (TPSA) is 76.5 Å². The number of nitrogens with one attached hydrogen (secondary N) is 1. The Morgan fingerprint density at radius 3 is 2.61 bits per heavy atom. The summed E-state index contributed by atoms with van der Waals surface area (Å²) >= 11 is 0. The van der Waals surface area contributed by atoms with Gasteiger partial charge < -0.3 is 5.32 Å². The zero-order chi connectivity index (χ0) is 18.9. The Hall–Kier alpha value is -3.41. The minimum absolute atomic E-state index is 0.579. The lowest BCUT2D eigenvalue weighted by Crippen LogP contribution is -2.09. The lowest BCUT2D eigenvalue weighted by molar-refractivity contribution is 0.859. The van der Waals surface area contributed by atoms with Crippen LogP contribution in [0.25, 0.3) is 33.4 Å². The molecule has 2 aromatic carbocycles. The lowest BCUT2D eigenvalue weighted by Gasteiger charge is -2.11. The first kappa shape index (κ1) is 16.7. The second-order valence-corrected chi connectivity index (χ2v) is 7.21. The van der Waals surface area contributed by atoms with Crippen LogP contribution in [0.3, 0.4) is 0 Å². The number of nitrogens with zero attached hydrogens (tertiary/aromatic N) is 5. The molecule has 0 radical (unpaired) electrons. The molecule has 4 aromatic rings. The van der Waals surface area contributed by atoms with E-state index in [1.807, 2.05) is 49.4 Å². The number of hydrogen-bond donors (Lipinski definition) is 1. The summed E-state index contributed by atoms with van der Waals surface area (Å²) in [6.45, 7) is 2.89. The highest BCUT2D eigenvalue weighted by Crippen LogP contribution is 2.32. The van der Waals surface area contributed by atoms with E-state index < -0.39 is 0 Å². The van der Waals surface area contributed by atoms with Gasteiger partial charge in [0.2, 0.25) is 5.95 Å². The molecule has 1 aliphatic rings. The van der Waals surface area contributed by atoms with Crippen molar-refractivity contribution < 1.29 is 0 Å². The van der Waals surface area contributed by atoms with E-state index in [0.29, 0.717) is 5.95 Å². The lowest BCUT2D eigenvalue weighted by atomic mass is 10.0. The van der Waals surface area contributed by atoms with Crippen LogP contribution >= 0.6 is 0 Å². The highest BCUT2D eigenvalue weighted by Gasteiger charge is 2.21. The first-order valence-electron chi connectivity index (χ1n) is 9.54. The molecule has 28 heavy (non-hydrogen) atoms. The van der Waals surface area contributed by atoms with Crippen molar-refractivity contribution in [3.05, 3.63) is 60.6 Å². The van der Waals surface area contributed by atoms with E-state index in [1.54, 1.807) is 6.33 Å². The van der Waals surface area contributed by atoms with Gasteiger partial charge in [0, 0.05) is 28.8 Å². The highest BCUT2D eigenvalue weighted by atomic mass is 15.2. The molecule has 5 rings (SSSR count). The fraction of sp³-hybridized carbons (Fsp3) is 0.227. The number of benzene rings is 2. The molecule has 138 valence electrons. The summed E-state index contributed by atoms with van der Waals surface area (Å²) in [5, 5.41) is 13.2. The molecule has 6 heteroatoms. The van der Waals surface area contributed by atoms with Crippen LogP contribution in [0, 0.1) is 12.8 Å². The van der Waals surface area contributed by atoms with Gasteiger partial charge in [0.15, 0.2) is 0 Å². The minimum atomic E-state index is 0.579. The summed E-state index contributed by atoms with van der Waals surface area (Å²) in [6, 6.07) is 16.2. The van der Waals surface area contributed by atoms with Crippen molar-refractivity contribution in [3.8, 4) is 22.5 Å². The third kappa shape index (κ3) is 3.29. The molecule has 0 unspecified atom stereocenters. The van der Waals surface area contributed by atoms with Crippen LogP contribution in [-0.4, -0.2) is 31.7 Å². The summed E-state index contributed by atoms with van der Waals surface area (Å²) in [6.07, 6.45) is 4.15. The van der Waals surface area contributed by atoms with E-state index in [0.717, 1.165) is 51.6 Å². The normalized spacial score (nSPS) is 13.6. The van der Waals surface area contributed by atoms with Crippen LogP contribution in [0.1, 0.15) is 18.5 Å². The van der Waals surface area contributed by atoms with Crippen LogP contribution < -0.4 is 5.32 Å². The number of aromatic nitrogens is 5. The minimum Gasteiger partial charge on any atom is -0.353 e. The van der Waals surface area contributed by atoms with Crippen molar-refractivity contribution in [3.63, 3.8) is 0 Å². The fourth-order valence-electron chi connectivity index (χ4n) is 3.28. The number of hydrogen-bond acceptors (Lipinski definition) is 6. The van der Waals surface area contributed by atoms with Gasteiger partial charge in [-0.2, -0.15) is 0 Å². The Morgan fingerprint density at radius 1 is 0.929 bits per heavy atom. The molecule has 0 spiro atoms. The van der Waals surface area contributed by atoms with Crippen LogP contribution in [0.2, 0.25) is 0 Å². The summed E-state index contributed by atoms with van der Waals surface area (Å²) in [5.41, 5.74) is 5.41. The number of rotatable bonds is 5. The van der Waals surface area contributed by atoms with Gasteiger partial charge in [0.05, 0.1) is 5.52 Å². The second-order valence-electron chi connectivity index (χ2n) is 7.21. The Bertz CT molecular complexity index is 1140. The number of aryl methyl sites for hydroxylation is 1. The van der Waals surface area contributed by atoms with Crippen LogP contribution in [0.15, 0.2) is 54.9 Å². The van der Waals surface area contributed by atoms with Crippen molar-refractivity contribution >= 4 is 16.9 Å². The summed E-state index contributed by atoms with van der Waals surface area (Å²) in [5.74, 6) is 1.32. The van der Waals surface area contributed by atoms with Gasteiger partial charge in [-0.3, -0.25) is 0 Å². The van der Waals surface area contributed by atoms with Gasteiger partial charge in [-0.15, -0.1) is 10.2 Å². The average molecular weight is 368 g/mol. The molecule has 0 aliphatic heterocycles. The van der Waals surface area contributed by atoms with Gasteiger partial charge in [-0.05, 0) is 37.8 Å². The van der Waals surface area contributed by atoms with E-state index in [9.17, 15) is 0 Å². The van der Waals surface area contributed by atoms with Gasteiger partial charge in [0.1, 0.15) is 17.7 Å². The van der Waals surface area contributed by atoms with E-state index in [2.05, 4.69) is 31.5 Å². The average Bonchev–Trinajstić information content (AvgIpc) is 3.57. The molecule has 1 N–H and O–H groups in total. The van der Waals surface area contributed by atoms with Crippen LogP contribution in [0.4, 0.5) is 5.95 Å². The quantitative estimate of drug-likeness (QED) is 0.567. The highest BCUT2D eigenvalue weighted by molar-refractivity contribution is 5.88. The predicted molar refractivity (Wildman–Crippen MR) is 110 cm³/mol.